The van der Waals surface area contributed by atoms with Gasteiger partial charge in [0.05, 0.1) is 23.3 Å². The molecule has 0 aliphatic carbocycles. The van der Waals surface area contributed by atoms with Gasteiger partial charge in [0.1, 0.15) is 5.75 Å². The molecule has 0 atom stereocenters. The SMILES string of the molecule is COc1c(Cl)cccc1/C=C/CN1C(=O)c2ccccc2C1=O. The van der Waals surface area contributed by atoms with Crippen LogP contribution in [0.1, 0.15) is 26.3 Å². The Morgan fingerprint density at radius 2 is 1.70 bits per heavy atom. The van der Waals surface area contributed by atoms with Crippen molar-refractivity contribution in [3.8, 4) is 5.75 Å². The predicted octanol–water partition coefficient (Wildman–Crippen LogP) is 3.66. The molecule has 1 aliphatic heterocycles. The van der Waals surface area contributed by atoms with Crippen LogP contribution in [0.3, 0.4) is 0 Å². The van der Waals surface area contributed by atoms with Crippen molar-refractivity contribution >= 4 is 29.5 Å². The summed E-state index contributed by atoms with van der Waals surface area (Å²) in [5, 5.41) is 0.510. The third-order valence-corrected chi connectivity index (χ3v) is 3.96. The van der Waals surface area contributed by atoms with Crippen LogP contribution in [0.15, 0.2) is 48.5 Å². The Bertz CT molecular complexity index is 779. The van der Waals surface area contributed by atoms with E-state index in [1.54, 1.807) is 49.6 Å². The minimum atomic E-state index is -0.270. The van der Waals surface area contributed by atoms with Crippen LogP contribution >= 0.6 is 11.6 Å². The van der Waals surface area contributed by atoms with Crippen molar-refractivity contribution in [3.05, 3.63) is 70.3 Å². The van der Waals surface area contributed by atoms with Crippen molar-refractivity contribution in [2.75, 3.05) is 13.7 Å². The van der Waals surface area contributed by atoms with E-state index >= 15 is 0 Å². The average Bonchev–Trinajstić information content (AvgIpc) is 2.80. The molecule has 3 rings (SSSR count). The molecule has 4 nitrogen and oxygen atoms in total. The van der Waals surface area contributed by atoms with Gasteiger partial charge >= 0.3 is 0 Å². The van der Waals surface area contributed by atoms with Crippen LogP contribution in [0.5, 0.6) is 5.75 Å². The number of methoxy groups -OCH3 is 1. The third kappa shape index (κ3) is 2.73. The lowest BCUT2D eigenvalue weighted by Crippen LogP contribution is -2.29. The molecule has 0 saturated heterocycles. The molecule has 1 aliphatic rings. The van der Waals surface area contributed by atoms with Crippen molar-refractivity contribution in [2.45, 2.75) is 0 Å². The van der Waals surface area contributed by atoms with Crippen LogP contribution in [0.2, 0.25) is 5.02 Å². The molecule has 5 heteroatoms. The predicted molar refractivity (Wildman–Crippen MR) is 88.8 cm³/mol. The molecule has 116 valence electrons. The lowest BCUT2D eigenvalue weighted by Gasteiger charge is -2.11. The summed E-state index contributed by atoms with van der Waals surface area (Å²) in [6.07, 6.45) is 3.53. The van der Waals surface area contributed by atoms with E-state index in [4.69, 9.17) is 16.3 Å². The second-order valence-electron chi connectivity index (χ2n) is 5.03. The highest BCUT2D eigenvalue weighted by Gasteiger charge is 2.34. The van der Waals surface area contributed by atoms with Gasteiger partial charge in [-0.2, -0.15) is 0 Å². The maximum Gasteiger partial charge on any atom is 0.261 e. The zero-order chi connectivity index (χ0) is 16.4. The van der Waals surface area contributed by atoms with E-state index in [-0.39, 0.29) is 18.4 Å². The van der Waals surface area contributed by atoms with Gasteiger partial charge in [0, 0.05) is 12.1 Å². The van der Waals surface area contributed by atoms with Gasteiger partial charge in [-0.3, -0.25) is 14.5 Å². The molecule has 23 heavy (non-hydrogen) atoms. The molecular formula is C18H14ClNO3. The van der Waals surface area contributed by atoms with E-state index in [1.807, 2.05) is 12.1 Å². The Morgan fingerprint density at radius 3 is 2.30 bits per heavy atom. The lowest BCUT2D eigenvalue weighted by atomic mass is 10.1. The first kappa shape index (κ1) is 15.3. The van der Waals surface area contributed by atoms with E-state index in [1.165, 1.54) is 4.90 Å². The highest BCUT2D eigenvalue weighted by Crippen LogP contribution is 2.29. The minimum Gasteiger partial charge on any atom is -0.495 e. The molecular weight excluding hydrogens is 314 g/mol. The maximum atomic E-state index is 12.3. The Kier molecular flexibility index (Phi) is 4.17. The zero-order valence-corrected chi connectivity index (χ0v) is 13.2. The molecule has 2 aromatic rings. The number of nitrogens with zero attached hydrogens (tertiary/aromatic N) is 1. The number of halogens is 1. The van der Waals surface area contributed by atoms with E-state index in [2.05, 4.69) is 0 Å². The molecule has 0 N–H and O–H groups in total. The van der Waals surface area contributed by atoms with E-state index in [9.17, 15) is 9.59 Å². The number of carbonyl (C=O) groups excluding carboxylic acids is 2. The minimum absolute atomic E-state index is 0.196. The number of hydrogen-bond acceptors (Lipinski definition) is 3. The Morgan fingerprint density at radius 1 is 1.04 bits per heavy atom. The lowest BCUT2D eigenvalue weighted by molar-refractivity contribution is 0.0672. The van der Waals surface area contributed by atoms with Crippen LogP contribution in [0, 0.1) is 0 Å². The molecule has 0 bridgehead atoms. The Balaban J connectivity index is 1.79. The fourth-order valence-electron chi connectivity index (χ4n) is 2.56. The summed E-state index contributed by atoms with van der Waals surface area (Å²) >= 11 is 6.07. The number of benzene rings is 2. The summed E-state index contributed by atoms with van der Waals surface area (Å²) in [6, 6.07) is 12.2. The van der Waals surface area contributed by atoms with Gasteiger partial charge in [0.25, 0.3) is 11.8 Å². The number of carbonyl (C=O) groups is 2. The number of ether oxygens (including phenoxy) is 1. The number of rotatable bonds is 4. The van der Waals surface area contributed by atoms with Crippen LogP contribution < -0.4 is 4.74 Å². The Labute approximate surface area is 138 Å². The molecule has 1 heterocycles. The number of para-hydroxylation sites is 1. The second kappa shape index (κ2) is 6.26. The number of amides is 2. The highest BCUT2D eigenvalue weighted by atomic mass is 35.5. The third-order valence-electron chi connectivity index (χ3n) is 3.67. The molecule has 0 aromatic heterocycles. The molecule has 0 spiro atoms. The first-order chi connectivity index (χ1) is 11.1. The standard InChI is InChI=1S/C18H14ClNO3/c1-23-16-12(6-4-10-15(16)19)7-5-11-20-17(21)13-8-2-3-9-14(13)18(20)22/h2-10H,11H2,1H3/b7-5+. The van der Waals surface area contributed by atoms with Gasteiger partial charge in [-0.1, -0.05) is 48.0 Å². The van der Waals surface area contributed by atoms with Crippen molar-refractivity contribution in [1.82, 2.24) is 4.90 Å². The number of fused-ring (bicyclic) bond motifs is 1. The van der Waals surface area contributed by atoms with Crippen molar-refractivity contribution < 1.29 is 14.3 Å². The fourth-order valence-corrected chi connectivity index (χ4v) is 2.82. The molecule has 2 aromatic carbocycles. The van der Waals surface area contributed by atoms with Gasteiger partial charge in [-0.05, 0) is 18.2 Å². The van der Waals surface area contributed by atoms with Crippen molar-refractivity contribution in [1.29, 1.82) is 0 Å². The summed E-state index contributed by atoms with van der Waals surface area (Å²) in [4.78, 5) is 25.7. The van der Waals surface area contributed by atoms with Gasteiger partial charge in [-0.15, -0.1) is 0 Å². The molecule has 0 unspecified atom stereocenters. The zero-order valence-electron chi connectivity index (χ0n) is 12.5. The van der Waals surface area contributed by atoms with Crippen LogP contribution in [-0.2, 0) is 0 Å². The van der Waals surface area contributed by atoms with Gasteiger partial charge < -0.3 is 4.74 Å². The van der Waals surface area contributed by atoms with Crippen molar-refractivity contribution in [2.24, 2.45) is 0 Å². The van der Waals surface area contributed by atoms with Gasteiger partial charge in [-0.25, -0.2) is 0 Å². The summed E-state index contributed by atoms with van der Waals surface area (Å²) in [7, 11) is 1.54. The van der Waals surface area contributed by atoms with E-state index < -0.39 is 0 Å². The first-order valence-electron chi connectivity index (χ1n) is 7.07. The Hall–Kier alpha value is -2.59. The topological polar surface area (TPSA) is 46.6 Å². The molecule has 2 amide bonds. The number of hydrogen-bond donors (Lipinski definition) is 0. The summed E-state index contributed by atoms with van der Waals surface area (Å²) in [5.74, 6) is 0.0226. The highest BCUT2D eigenvalue weighted by molar-refractivity contribution is 6.32. The van der Waals surface area contributed by atoms with E-state index in [0.717, 1.165) is 5.56 Å². The number of imide groups is 1. The molecule has 0 fully saturated rings. The smallest absolute Gasteiger partial charge is 0.261 e. The first-order valence-corrected chi connectivity index (χ1v) is 7.45. The monoisotopic (exact) mass is 327 g/mol. The van der Waals surface area contributed by atoms with Crippen molar-refractivity contribution in [3.63, 3.8) is 0 Å². The fraction of sp³-hybridized carbons (Fsp3) is 0.111. The summed E-state index contributed by atoms with van der Waals surface area (Å²) < 4.78 is 5.26. The van der Waals surface area contributed by atoms with Gasteiger partial charge in [0.2, 0.25) is 0 Å². The normalized spacial score (nSPS) is 13.7. The largest absolute Gasteiger partial charge is 0.495 e. The quantitative estimate of drug-likeness (QED) is 0.805. The summed E-state index contributed by atoms with van der Waals surface area (Å²) in [6.45, 7) is 0.196. The second-order valence-corrected chi connectivity index (χ2v) is 5.44. The van der Waals surface area contributed by atoms with Gasteiger partial charge in [0.15, 0.2) is 0 Å². The molecule has 0 radical (unpaired) electrons. The molecule has 0 saturated carbocycles. The maximum absolute atomic E-state index is 12.3. The van der Waals surface area contributed by atoms with Crippen LogP contribution in [-0.4, -0.2) is 30.4 Å². The van der Waals surface area contributed by atoms with Crippen LogP contribution in [0.25, 0.3) is 6.08 Å². The average molecular weight is 328 g/mol. The summed E-state index contributed by atoms with van der Waals surface area (Å²) in [5.41, 5.74) is 1.69. The van der Waals surface area contributed by atoms with E-state index in [0.29, 0.717) is 21.9 Å². The van der Waals surface area contributed by atoms with Crippen LogP contribution in [0.4, 0.5) is 0 Å².